The highest BCUT2D eigenvalue weighted by Gasteiger charge is 2.18. The molecule has 0 spiro atoms. The van der Waals surface area contributed by atoms with Gasteiger partial charge >= 0.3 is 0 Å². The molecule has 1 N–H and O–H groups in total. The van der Waals surface area contributed by atoms with E-state index in [1.807, 2.05) is 67.6 Å². The summed E-state index contributed by atoms with van der Waals surface area (Å²) in [4.78, 5) is 12.6. The Labute approximate surface area is 146 Å². The Balaban J connectivity index is 1.84. The van der Waals surface area contributed by atoms with E-state index in [0.717, 1.165) is 11.1 Å². The van der Waals surface area contributed by atoms with E-state index in [9.17, 15) is 4.79 Å². The minimum absolute atomic E-state index is 0.250. The van der Waals surface area contributed by atoms with Gasteiger partial charge < -0.3 is 10.1 Å². The van der Waals surface area contributed by atoms with Gasteiger partial charge in [0.2, 0.25) is 5.88 Å². The third-order valence-electron chi connectivity index (χ3n) is 3.71. The Bertz CT molecular complexity index is 766. The lowest BCUT2D eigenvalue weighted by Gasteiger charge is -2.19. The number of nitrogens with one attached hydrogen (secondary N) is 1. The van der Waals surface area contributed by atoms with Crippen molar-refractivity contribution in [2.24, 2.45) is 0 Å². The van der Waals surface area contributed by atoms with Crippen molar-refractivity contribution in [2.45, 2.75) is 13.0 Å². The first-order chi connectivity index (χ1) is 12.3. The fourth-order valence-corrected chi connectivity index (χ4v) is 2.52. The third-order valence-corrected chi connectivity index (χ3v) is 3.71. The standard InChI is InChI=1S/C20H19N3O2/c1-2-25-18-14-13-17(22-23-18)20(24)21-19(15-9-5-3-6-10-15)16-11-7-4-8-12-16/h3-14,19H,2H2,1H3,(H,21,24). The van der Waals surface area contributed by atoms with Gasteiger partial charge in [-0.05, 0) is 24.1 Å². The maximum Gasteiger partial charge on any atom is 0.272 e. The van der Waals surface area contributed by atoms with Crippen molar-refractivity contribution in [3.05, 3.63) is 89.6 Å². The molecule has 0 unspecified atom stereocenters. The molecule has 2 aromatic carbocycles. The number of rotatable bonds is 6. The highest BCUT2D eigenvalue weighted by Crippen LogP contribution is 2.22. The first-order valence-corrected chi connectivity index (χ1v) is 8.15. The molecule has 0 bridgehead atoms. The molecule has 0 fully saturated rings. The van der Waals surface area contributed by atoms with Crippen LogP contribution in [0.25, 0.3) is 0 Å². The van der Waals surface area contributed by atoms with Gasteiger partial charge in [-0.3, -0.25) is 4.79 Å². The maximum atomic E-state index is 12.6. The molecule has 0 radical (unpaired) electrons. The third kappa shape index (κ3) is 4.20. The van der Waals surface area contributed by atoms with Crippen LogP contribution in [0, 0.1) is 0 Å². The molecule has 0 aliphatic carbocycles. The number of hydrogen-bond donors (Lipinski definition) is 1. The zero-order chi connectivity index (χ0) is 17.5. The van der Waals surface area contributed by atoms with E-state index in [2.05, 4.69) is 15.5 Å². The maximum absolute atomic E-state index is 12.6. The fourth-order valence-electron chi connectivity index (χ4n) is 2.52. The fraction of sp³-hybridized carbons (Fsp3) is 0.150. The van der Waals surface area contributed by atoms with E-state index in [1.165, 1.54) is 0 Å². The van der Waals surface area contributed by atoms with Crippen LogP contribution in [0.1, 0.15) is 34.6 Å². The van der Waals surface area contributed by atoms with Gasteiger partial charge in [-0.15, -0.1) is 10.2 Å². The van der Waals surface area contributed by atoms with Crippen molar-refractivity contribution >= 4 is 5.91 Å². The first kappa shape index (κ1) is 16.6. The van der Waals surface area contributed by atoms with Gasteiger partial charge in [-0.25, -0.2) is 0 Å². The molecule has 25 heavy (non-hydrogen) atoms. The predicted octanol–water partition coefficient (Wildman–Crippen LogP) is 3.39. The van der Waals surface area contributed by atoms with E-state index in [1.54, 1.807) is 12.1 Å². The molecule has 5 heteroatoms. The lowest BCUT2D eigenvalue weighted by molar-refractivity contribution is 0.0936. The van der Waals surface area contributed by atoms with Crippen molar-refractivity contribution in [3.63, 3.8) is 0 Å². The minimum atomic E-state index is -0.284. The molecule has 5 nitrogen and oxygen atoms in total. The summed E-state index contributed by atoms with van der Waals surface area (Å²) in [5.74, 6) is 0.120. The van der Waals surface area contributed by atoms with Crippen LogP contribution in [-0.4, -0.2) is 22.7 Å². The molecule has 0 aliphatic rings. The van der Waals surface area contributed by atoms with Crippen molar-refractivity contribution in [1.29, 1.82) is 0 Å². The van der Waals surface area contributed by atoms with Crippen molar-refractivity contribution < 1.29 is 9.53 Å². The van der Waals surface area contributed by atoms with E-state index in [-0.39, 0.29) is 17.6 Å². The lowest BCUT2D eigenvalue weighted by atomic mass is 9.98. The van der Waals surface area contributed by atoms with Crippen LogP contribution >= 0.6 is 0 Å². The lowest BCUT2D eigenvalue weighted by Crippen LogP contribution is -2.30. The largest absolute Gasteiger partial charge is 0.477 e. The predicted molar refractivity (Wildman–Crippen MR) is 95.4 cm³/mol. The van der Waals surface area contributed by atoms with Gasteiger partial charge in [-0.2, -0.15) is 0 Å². The van der Waals surface area contributed by atoms with Crippen LogP contribution in [0.4, 0.5) is 0 Å². The summed E-state index contributed by atoms with van der Waals surface area (Å²) in [7, 11) is 0. The van der Waals surface area contributed by atoms with Crippen LogP contribution in [-0.2, 0) is 0 Å². The molecule has 3 rings (SSSR count). The van der Waals surface area contributed by atoms with E-state index in [4.69, 9.17) is 4.74 Å². The molecule has 0 aliphatic heterocycles. The monoisotopic (exact) mass is 333 g/mol. The van der Waals surface area contributed by atoms with Gasteiger partial charge in [0.15, 0.2) is 5.69 Å². The van der Waals surface area contributed by atoms with Crippen molar-refractivity contribution in [2.75, 3.05) is 6.61 Å². The van der Waals surface area contributed by atoms with E-state index < -0.39 is 0 Å². The molecule has 1 aromatic heterocycles. The number of carbonyl (C=O) groups is 1. The minimum Gasteiger partial charge on any atom is -0.477 e. The Kier molecular flexibility index (Phi) is 5.36. The summed E-state index contributed by atoms with van der Waals surface area (Å²) in [5, 5.41) is 10.9. The Morgan fingerprint density at radius 3 is 2.00 bits per heavy atom. The molecule has 0 saturated heterocycles. The zero-order valence-electron chi connectivity index (χ0n) is 13.9. The molecular weight excluding hydrogens is 314 g/mol. The summed E-state index contributed by atoms with van der Waals surface area (Å²) in [6.07, 6.45) is 0. The molecule has 1 heterocycles. The number of aromatic nitrogens is 2. The molecule has 0 saturated carbocycles. The normalized spacial score (nSPS) is 10.5. The Morgan fingerprint density at radius 1 is 0.920 bits per heavy atom. The van der Waals surface area contributed by atoms with Gasteiger partial charge in [0.1, 0.15) is 0 Å². The van der Waals surface area contributed by atoms with Crippen molar-refractivity contribution in [3.8, 4) is 5.88 Å². The topological polar surface area (TPSA) is 64.1 Å². The molecule has 0 atom stereocenters. The second kappa shape index (κ2) is 8.06. The second-order valence-corrected chi connectivity index (χ2v) is 5.42. The number of nitrogens with zero attached hydrogens (tertiary/aromatic N) is 2. The van der Waals surface area contributed by atoms with Crippen LogP contribution in [0.3, 0.4) is 0 Å². The zero-order valence-corrected chi connectivity index (χ0v) is 13.9. The number of amides is 1. The number of carbonyl (C=O) groups excluding carboxylic acids is 1. The van der Waals surface area contributed by atoms with E-state index in [0.29, 0.717) is 12.5 Å². The summed E-state index contributed by atoms with van der Waals surface area (Å²) < 4.78 is 5.26. The SMILES string of the molecule is CCOc1ccc(C(=O)NC(c2ccccc2)c2ccccc2)nn1. The van der Waals surface area contributed by atoms with Gasteiger partial charge in [-0.1, -0.05) is 60.7 Å². The molecular formula is C20H19N3O2. The summed E-state index contributed by atoms with van der Waals surface area (Å²) >= 11 is 0. The summed E-state index contributed by atoms with van der Waals surface area (Å²) in [6.45, 7) is 2.37. The van der Waals surface area contributed by atoms with Gasteiger partial charge in [0.25, 0.3) is 5.91 Å². The smallest absolute Gasteiger partial charge is 0.272 e. The number of ether oxygens (including phenoxy) is 1. The number of benzene rings is 2. The molecule has 3 aromatic rings. The average Bonchev–Trinajstić information content (AvgIpc) is 2.68. The van der Waals surface area contributed by atoms with Crippen LogP contribution < -0.4 is 10.1 Å². The summed E-state index contributed by atoms with van der Waals surface area (Å²) in [5.41, 5.74) is 2.25. The van der Waals surface area contributed by atoms with Gasteiger partial charge in [0, 0.05) is 6.07 Å². The number of hydrogen-bond acceptors (Lipinski definition) is 4. The Hall–Kier alpha value is -3.21. The Morgan fingerprint density at radius 2 is 1.52 bits per heavy atom. The second-order valence-electron chi connectivity index (χ2n) is 5.42. The molecule has 126 valence electrons. The average molecular weight is 333 g/mol. The first-order valence-electron chi connectivity index (χ1n) is 8.15. The van der Waals surface area contributed by atoms with Crippen LogP contribution in [0.5, 0.6) is 5.88 Å². The van der Waals surface area contributed by atoms with Crippen LogP contribution in [0.2, 0.25) is 0 Å². The van der Waals surface area contributed by atoms with E-state index >= 15 is 0 Å². The van der Waals surface area contributed by atoms with Crippen LogP contribution in [0.15, 0.2) is 72.8 Å². The highest BCUT2D eigenvalue weighted by molar-refractivity contribution is 5.92. The highest BCUT2D eigenvalue weighted by atomic mass is 16.5. The summed E-state index contributed by atoms with van der Waals surface area (Å²) in [6, 6.07) is 22.7. The quantitative estimate of drug-likeness (QED) is 0.751. The molecule has 1 amide bonds. The van der Waals surface area contributed by atoms with Crippen molar-refractivity contribution in [1.82, 2.24) is 15.5 Å². The van der Waals surface area contributed by atoms with Gasteiger partial charge in [0.05, 0.1) is 12.6 Å².